The molecule has 102 valence electrons. The van der Waals surface area contributed by atoms with Crippen LogP contribution in [0.25, 0.3) is 0 Å². The Morgan fingerprint density at radius 2 is 1.94 bits per heavy atom. The van der Waals surface area contributed by atoms with E-state index in [1.165, 1.54) is 0 Å². The Bertz CT molecular complexity index is 393. The van der Waals surface area contributed by atoms with Crippen LogP contribution in [-0.4, -0.2) is 21.3 Å². The van der Waals surface area contributed by atoms with Gasteiger partial charge in [0.15, 0.2) is 0 Å². The summed E-state index contributed by atoms with van der Waals surface area (Å²) in [7, 11) is 0. The number of rotatable bonds is 6. The highest BCUT2D eigenvalue weighted by Gasteiger charge is 2.22. The molecule has 18 heavy (non-hydrogen) atoms. The second kappa shape index (κ2) is 5.98. The van der Waals surface area contributed by atoms with Crippen LogP contribution in [0.2, 0.25) is 0 Å². The molecule has 0 saturated heterocycles. The first kappa shape index (κ1) is 14.7. The van der Waals surface area contributed by atoms with E-state index in [-0.39, 0.29) is 11.8 Å². The third-order valence-electron chi connectivity index (χ3n) is 3.25. The standard InChI is InChI=1S/C13H22N2O3/c1-9(13(2,3)4)8-11-15-14-10(18-11)6-5-7-12(16)17/h9H,5-8H2,1-4H3,(H,16,17). The summed E-state index contributed by atoms with van der Waals surface area (Å²) in [5.41, 5.74) is 0.206. The average Bonchev–Trinajstić information content (AvgIpc) is 2.63. The second-order valence-corrected chi connectivity index (χ2v) is 5.81. The van der Waals surface area contributed by atoms with Crippen LogP contribution >= 0.6 is 0 Å². The van der Waals surface area contributed by atoms with Crippen LogP contribution in [0.15, 0.2) is 4.42 Å². The van der Waals surface area contributed by atoms with Crippen molar-refractivity contribution in [3.8, 4) is 0 Å². The Morgan fingerprint density at radius 1 is 1.33 bits per heavy atom. The second-order valence-electron chi connectivity index (χ2n) is 5.81. The predicted octanol–water partition coefficient (Wildman–Crippen LogP) is 2.70. The quantitative estimate of drug-likeness (QED) is 0.844. The molecule has 1 unspecified atom stereocenters. The van der Waals surface area contributed by atoms with Gasteiger partial charge in [0, 0.05) is 19.3 Å². The molecule has 1 aromatic heterocycles. The summed E-state index contributed by atoms with van der Waals surface area (Å²) in [6.45, 7) is 8.71. The first-order valence-corrected chi connectivity index (χ1v) is 6.32. The number of aryl methyl sites for hydroxylation is 1. The van der Waals surface area contributed by atoms with Gasteiger partial charge < -0.3 is 9.52 Å². The molecule has 1 N–H and O–H groups in total. The molecule has 0 bridgehead atoms. The minimum Gasteiger partial charge on any atom is -0.481 e. The first-order chi connectivity index (χ1) is 8.29. The van der Waals surface area contributed by atoms with Crippen LogP contribution in [0.3, 0.4) is 0 Å². The third-order valence-corrected chi connectivity index (χ3v) is 3.25. The highest BCUT2D eigenvalue weighted by Crippen LogP contribution is 2.28. The van der Waals surface area contributed by atoms with Crippen LogP contribution in [0.4, 0.5) is 0 Å². The monoisotopic (exact) mass is 254 g/mol. The van der Waals surface area contributed by atoms with Crippen LogP contribution in [0, 0.1) is 11.3 Å². The molecule has 5 nitrogen and oxygen atoms in total. The molecule has 0 aliphatic rings. The third kappa shape index (κ3) is 4.85. The van der Waals surface area contributed by atoms with Crippen molar-refractivity contribution in [2.75, 3.05) is 0 Å². The van der Waals surface area contributed by atoms with Gasteiger partial charge in [-0.15, -0.1) is 10.2 Å². The van der Waals surface area contributed by atoms with E-state index in [4.69, 9.17) is 9.52 Å². The maximum atomic E-state index is 10.4. The summed E-state index contributed by atoms with van der Waals surface area (Å²) in [5, 5.41) is 16.5. The number of hydrogen-bond donors (Lipinski definition) is 1. The van der Waals surface area contributed by atoms with Crippen molar-refractivity contribution in [1.29, 1.82) is 0 Å². The molecular formula is C13H22N2O3. The zero-order valence-corrected chi connectivity index (χ0v) is 11.6. The van der Waals surface area contributed by atoms with Gasteiger partial charge in [0.2, 0.25) is 11.8 Å². The van der Waals surface area contributed by atoms with Gasteiger partial charge >= 0.3 is 5.97 Å². The molecule has 0 aromatic carbocycles. The lowest BCUT2D eigenvalue weighted by atomic mass is 9.80. The van der Waals surface area contributed by atoms with E-state index in [2.05, 4.69) is 37.9 Å². The van der Waals surface area contributed by atoms with E-state index < -0.39 is 5.97 Å². The van der Waals surface area contributed by atoms with E-state index in [1.807, 2.05) is 0 Å². The van der Waals surface area contributed by atoms with Crippen LogP contribution in [-0.2, 0) is 17.6 Å². The molecule has 5 heteroatoms. The van der Waals surface area contributed by atoms with Gasteiger partial charge in [0.05, 0.1) is 0 Å². The van der Waals surface area contributed by atoms with Crippen molar-refractivity contribution in [3.63, 3.8) is 0 Å². The number of carboxylic acids is 1. The maximum absolute atomic E-state index is 10.4. The largest absolute Gasteiger partial charge is 0.481 e. The Balaban J connectivity index is 2.46. The van der Waals surface area contributed by atoms with Crippen LogP contribution < -0.4 is 0 Å². The van der Waals surface area contributed by atoms with Gasteiger partial charge in [-0.3, -0.25) is 4.79 Å². The van der Waals surface area contributed by atoms with Crippen molar-refractivity contribution in [3.05, 3.63) is 11.8 Å². The zero-order valence-electron chi connectivity index (χ0n) is 11.6. The van der Waals surface area contributed by atoms with Gasteiger partial charge in [-0.1, -0.05) is 27.7 Å². The van der Waals surface area contributed by atoms with E-state index in [1.54, 1.807) is 0 Å². The van der Waals surface area contributed by atoms with E-state index in [0.717, 1.165) is 6.42 Å². The minimum absolute atomic E-state index is 0.135. The number of aliphatic carboxylic acids is 1. The Labute approximate surface area is 108 Å². The summed E-state index contributed by atoms with van der Waals surface area (Å²) in [4.78, 5) is 10.4. The number of carboxylic acid groups (broad SMARTS) is 1. The van der Waals surface area contributed by atoms with Crippen molar-refractivity contribution in [1.82, 2.24) is 10.2 Å². The maximum Gasteiger partial charge on any atom is 0.303 e. The van der Waals surface area contributed by atoms with Crippen molar-refractivity contribution in [2.45, 2.75) is 53.4 Å². The molecule has 0 spiro atoms. The van der Waals surface area contributed by atoms with Crippen molar-refractivity contribution in [2.24, 2.45) is 11.3 Å². The van der Waals surface area contributed by atoms with Crippen LogP contribution in [0.1, 0.15) is 52.3 Å². The highest BCUT2D eigenvalue weighted by molar-refractivity contribution is 5.66. The summed E-state index contributed by atoms with van der Waals surface area (Å²) in [6, 6.07) is 0. The van der Waals surface area contributed by atoms with Gasteiger partial charge in [0.25, 0.3) is 0 Å². The summed E-state index contributed by atoms with van der Waals surface area (Å²) >= 11 is 0. The van der Waals surface area contributed by atoms with Gasteiger partial charge in [-0.25, -0.2) is 0 Å². The van der Waals surface area contributed by atoms with Gasteiger partial charge in [-0.2, -0.15) is 0 Å². The van der Waals surface area contributed by atoms with E-state index >= 15 is 0 Å². The number of nitrogens with zero attached hydrogens (tertiary/aromatic N) is 2. The molecule has 1 atom stereocenters. The molecule has 0 saturated carbocycles. The number of aromatic nitrogens is 2. The van der Waals surface area contributed by atoms with Gasteiger partial charge in [-0.05, 0) is 17.8 Å². The van der Waals surface area contributed by atoms with Gasteiger partial charge in [0.1, 0.15) is 0 Å². The lowest BCUT2D eigenvalue weighted by Crippen LogP contribution is -2.19. The summed E-state index contributed by atoms with van der Waals surface area (Å²) < 4.78 is 5.52. The SMILES string of the molecule is CC(Cc1nnc(CCCC(=O)O)o1)C(C)(C)C. The van der Waals surface area contributed by atoms with E-state index in [9.17, 15) is 4.79 Å². The Hall–Kier alpha value is -1.39. The molecular weight excluding hydrogens is 232 g/mol. The molecule has 0 radical (unpaired) electrons. The summed E-state index contributed by atoms with van der Waals surface area (Å²) in [6.07, 6.45) is 1.96. The van der Waals surface area contributed by atoms with Crippen LogP contribution in [0.5, 0.6) is 0 Å². The van der Waals surface area contributed by atoms with Crippen molar-refractivity contribution >= 4 is 5.97 Å². The fourth-order valence-electron chi connectivity index (χ4n) is 1.43. The normalized spacial score (nSPS) is 13.6. The fourth-order valence-corrected chi connectivity index (χ4v) is 1.43. The average molecular weight is 254 g/mol. The molecule has 0 fully saturated rings. The number of hydrogen-bond acceptors (Lipinski definition) is 4. The highest BCUT2D eigenvalue weighted by atomic mass is 16.4. The number of carbonyl (C=O) groups is 1. The Kier molecular flexibility index (Phi) is 4.87. The molecule has 1 heterocycles. The smallest absolute Gasteiger partial charge is 0.303 e. The topological polar surface area (TPSA) is 76.2 Å². The molecule has 1 aromatic rings. The van der Waals surface area contributed by atoms with Crippen molar-refractivity contribution < 1.29 is 14.3 Å². The predicted molar refractivity (Wildman–Crippen MR) is 67.2 cm³/mol. The Morgan fingerprint density at radius 3 is 2.50 bits per heavy atom. The lowest BCUT2D eigenvalue weighted by Gasteiger charge is -2.25. The minimum atomic E-state index is -0.795. The van der Waals surface area contributed by atoms with E-state index in [0.29, 0.717) is 30.5 Å². The molecule has 1 rings (SSSR count). The molecule has 0 aliphatic carbocycles. The first-order valence-electron chi connectivity index (χ1n) is 6.32. The summed E-state index contributed by atoms with van der Waals surface area (Å²) in [5.74, 6) is 0.830. The fraction of sp³-hybridized carbons (Fsp3) is 0.769. The lowest BCUT2D eigenvalue weighted by molar-refractivity contribution is -0.137. The molecule has 0 amide bonds. The molecule has 0 aliphatic heterocycles. The zero-order chi connectivity index (χ0) is 13.8.